The maximum atomic E-state index is 14.2. The van der Waals surface area contributed by atoms with Crippen molar-refractivity contribution in [2.75, 3.05) is 13.1 Å². The monoisotopic (exact) mass is 487 g/mol. The van der Waals surface area contributed by atoms with Crippen LogP contribution in [0.25, 0.3) is 11.4 Å². The van der Waals surface area contributed by atoms with Crippen LogP contribution in [0.4, 0.5) is 4.39 Å². The number of halogens is 3. The Morgan fingerprint density at radius 3 is 2.36 bits per heavy atom. The van der Waals surface area contributed by atoms with Gasteiger partial charge in [0, 0.05) is 29.1 Å². The fraction of sp³-hybridized carbons (Fsp3) is 0.400. The third-order valence-corrected chi connectivity index (χ3v) is 7.50. The summed E-state index contributed by atoms with van der Waals surface area (Å²) in [6.45, 7) is 1.26. The standard InChI is InChI=1S/C25H24Cl2FN3O2/c26-18-5-3-17(4-6-18)25(11-1-2-12-25)24(32)31-13-9-16(10-14-31)23-29-22(30-33-23)20-8-7-19(27)15-21(20)28/h3-8,15-16H,1-2,9-14H2. The van der Waals surface area contributed by atoms with Crippen LogP contribution in [-0.2, 0) is 10.2 Å². The third-order valence-electron chi connectivity index (χ3n) is 7.01. The molecule has 2 fully saturated rings. The van der Waals surface area contributed by atoms with Crippen LogP contribution < -0.4 is 0 Å². The SMILES string of the molecule is O=C(N1CCC(c2nc(-c3ccc(Cl)cc3F)no2)CC1)C1(c2ccc(Cl)cc2)CCCC1. The van der Waals surface area contributed by atoms with Gasteiger partial charge < -0.3 is 9.42 Å². The molecule has 8 heteroatoms. The highest BCUT2D eigenvalue weighted by atomic mass is 35.5. The van der Waals surface area contributed by atoms with Crippen molar-refractivity contribution in [3.63, 3.8) is 0 Å². The first-order valence-corrected chi connectivity index (χ1v) is 12.1. The van der Waals surface area contributed by atoms with E-state index in [1.54, 1.807) is 12.1 Å². The van der Waals surface area contributed by atoms with Crippen molar-refractivity contribution in [3.8, 4) is 11.4 Å². The maximum Gasteiger partial charge on any atom is 0.233 e. The minimum Gasteiger partial charge on any atom is -0.342 e. The lowest BCUT2D eigenvalue weighted by Gasteiger charge is -2.38. The van der Waals surface area contributed by atoms with Crippen molar-refractivity contribution in [1.29, 1.82) is 0 Å². The predicted octanol–water partition coefficient (Wildman–Crippen LogP) is 6.40. The van der Waals surface area contributed by atoms with Crippen molar-refractivity contribution in [1.82, 2.24) is 15.0 Å². The minimum absolute atomic E-state index is 0.0423. The van der Waals surface area contributed by atoms with Gasteiger partial charge in [-0.1, -0.05) is 53.3 Å². The molecular formula is C25H24Cl2FN3O2. The molecule has 1 amide bonds. The zero-order valence-corrected chi connectivity index (χ0v) is 19.6. The Kier molecular flexibility index (Phi) is 6.14. The number of carbonyl (C=O) groups is 1. The summed E-state index contributed by atoms with van der Waals surface area (Å²) in [5, 5.41) is 4.96. The molecule has 1 saturated carbocycles. The lowest BCUT2D eigenvalue weighted by Crippen LogP contribution is -2.48. The van der Waals surface area contributed by atoms with Crippen molar-refractivity contribution in [2.45, 2.75) is 49.9 Å². The summed E-state index contributed by atoms with van der Waals surface area (Å²) in [6, 6.07) is 12.1. The first-order valence-electron chi connectivity index (χ1n) is 11.3. The van der Waals surface area contributed by atoms with E-state index in [0.717, 1.165) is 44.1 Å². The van der Waals surface area contributed by atoms with Crippen molar-refractivity contribution >= 4 is 29.1 Å². The number of hydrogen-bond donors (Lipinski definition) is 0. The van der Waals surface area contributed by atoms with Gasteiger partial charge in [0.05, 0.1) is 11.0 Å². The minimum atomic E-state index is -0.487. The number of piperidine rings is 1. The number of nitrogens with zero attached hydrogens (tertiary/aromatic N) is 3. The van der Waals surface area contributed by atoms with E-state index >= 15 is 0 Å². The van der Waals surface area contributed by atoms with Crippen LogP contribution in [0.1, 0.15) is 55.9 Å². The molecule has 2 aliphatic rings. The second-order valence-corrected chi connectivity index (χ2v) is 9.82. The van der Waals surface area contributed by atoms with Crippen LogP contribution >= 0.6 is 23.2 Å². The molecule has 1 saturated heterocycles. The van der Waals surface area contributed by atoms with Gasteiger partial charge in [0.15, 0.2) is 0 Å². The van der Waals surface area contributed by atoms with Crippen molar-refractivity contribution in [2.24, 2.45) is 0 Å². The highest BCUT2D eigenvalue weighted by Gasteiger charge is 2.45. The Morgan fingerprint density at radius 1 is 1.03 bits per heavy atom. The molecule has 3 aromatic rings. The van der Waals surface area contributed by atoms with Gasteiger partial charge in [0.2, 0.25) is 17.6 Å². The van der Waals surface area contributed by atoms with Crippen molar-refractivity contribution in [3.05, 3.63) is 69.8 Å². The molecule has 0 bridgehead atoms. The first kappa shape index (κ1) is 22.4. The summed E-state index contributed by atoms with van der Waals surface area (Å²) >= 11 is 11.9. The number of aromatic nitrogens is 2. The topological polar surface area (TPSA) is 59.2 Å². The van der Waals surface area contributed by atoms with Gasteiger partial charge in [-0.2, -0.15) is 4.98 Å². The fourth-order valence-corrected chi connectivity index (χ4v) is 5.47. The molecule has 0 atom stereocenters. The number of benzene rings is 2. The zero-order valence-electron chi connectivity index (χ0n) is 18.1. The summed E-state index contributed by atoms with van der Waals surface area (Å²) in [6.07, 6.45) is 5.30. The molecular weight excluding hydrogens is 464 g/mol. The van der Waals surface area contributed by atoms with Crippen LogP contribution in [0, 0.1) is 5.82 Å². The summed E-state index contributed by atoms with van der Waals surface area (Å²) in [4.78, 5) is 20.1. The average Bonchev–Trinajstić information content (AvgIpc) is 3.50. The van der Waals surface area contributed by atoms with E-state index in [1.807, 2.05) is 29.2 Å². The van der Waals surface area contributed by atoms with Gasteiger partial charge in [-0.25, -0.2) is 4.39 Å². The van der Waals surface area contributed by atoms with E-state index in [0.29, 0.717) is 29.0 Å². The van der Waals surface area contributed by atoms with Crippen LogP contribution in [0.15, 0.2) is 47.0 Å². The van der Waals surface area contributed by atoms with Gasteiger partial charge in [0.25, 0.3) is 0 Å². The molecule has 1 aliphatic carbocycles. The molecule has 5 nitrogen and oxygen atoms in total. The normalized spacial score (nSPS) is 18.6. The number of likely N-dealkylation sites (tertiary alicyclic amines) is 1. The molecule has 0 spiro atoms. The summed E-state index contributed by atoms with van der Waals surface area (Å²) in [7, 11) is 0. The summed E-state index contributed by atoms with van der Waals surface area (Å²) < 4.78 is 19.7. The van der Waals surface area contributed by atoms with E-state index in [1.165, 1.54) is 6.07 Å². The Balaban J connectivity index is 1.28. The molecule has 5 rings (SSSR count). The lowest BCUT2D eigenvalue weighted by molar-refractivity contribution is -0.138. The number of rotatable bonds is 4. The quantitative estimate of drug-likeness (QED) is 0.427. The number of amides is 1. The van der Waals surface area contributed by atoms with Gasteiger partial charge in [-0.15, -0.1) is 0 Å². The Bertz CT molecular complexity index is 1150. The molecule has 2 heterocycles. The van der Waals surface area contributed by atoms with Crippen LogP contribution in [0.5, 0.6) is 0 Å². The van der Waals surface area contributed by atoms with Crippen molar-refractivity contribution < 1.29 is 13.7 Å². The fourth-order valence-electron chi connectivity index (χ4n) is 5.19. The Hall–Kier alpha value is -2.44. The van der Waals surface area contributed by atoms with E-state index in [2.05, 4.69) is 10.1 Å². The van der Waals surface area contributed by atoms with Gasteiger partial charge in [-0.05, 0) is 61.6 Å². The highest BCUT2D eigenvalue weighted by Crippen LogP contribution is 2.44. The molecule has 1 aliphatic heterocycles. The summed E-state index contributed by atoms with van der Waals surface area (Å²) in [5.74, 6) is 0.459. The predicted molar refractivity (Wildman–Crippen MR) is 125 cm³/mol. The molecule has 0 unspecified atom stereocenters. The maximum absolute atomic E-state index is 14.2. The van der Waals surface area contributed by atoms with Crippen LogP contribution in [0.3, 0.4) is 0 Å². The Labute approximate surface area is 201 Å². The Morgan fingerprint density at radius 2 is 1.70 bits per heavy atom. The van der Waals surface area contributed by atoms with E-state index in [4.69, 9.17) is 27.7 Å². The molecule has 172 valence electrons. The zero-order chi connectivity index (χ0) is 23.0. The van der Waals surface area contributed by atoms with Gasteiger partial charge >= 0.3 is 0 Å². The first-order chi connectivity index (χ1) is 16.0. The summed E-state index contributed by atoms with van der Waals surface area (Å²) in [5.41, 5.74) is 0.859. The second-order valence-electron chi connectivity index (χ2n) is 8.94. The van der Waals surface area contributed by atoms with E-state index in [9.17, 15) is 9.18 Å². The molecule has 0 N–H and O–H groups in total. The number of carbonyl (C=O) groups excluding carboxylic acids is 1. The van der Waals surface area contributed by atoms with Gasteiger partial charge in [0.1, 0.15) is 5.82 Å². The molecule has 1 aromatic heterocycles. The smallest absolute Gasteiger partial charge is 0.233 e. The second kappa shape index (κ2) is 9.07. The molecule has 2 aromatic carbocycles. The third kappa shape index (κ3) is 4.26. The van der Waals surface area contributed by atoms with E-state index < -0.39 is 11.2 Å². The van der Waals surface area contributed by atoms with Gasteiger partial charge in [-0.3, -0.25) is 4.79 Å². The highest BCUT2D eigenvalue weighted by molar-refractivity contribution is 6.30. The largest absolute Gasteiger partial charge is 0.342 e. The van der Waals surface area contributed by atoms with Crippen LogP contribution in [0.2, 0.25) is 10.0 Å². The number of hydrogen-bond acceptors (Lipinski definition) is 4. The molecule has 33 heavy (non-hydrogen) atoms. The van der Waals surface area contributed by atoms with Crippen LogP contribution in [-0.4, -0.2) is 34.0 Å². The average molecular weight is 488 g/mol. The lowest BCUT2D eigenvalue weighted by atomic mass is 9.77. The molecule has 0 radical (unpaired) electrons. The van der Waals surface area contributed by atoms with E-state index in [-0.39, 0.29) is 23.2 Å².